The van der Waals surface area contributed by atoms with E-state index in [2.05, 4.69) is 67.6 Å². The summed E-state index contributed by atoms with van der Waals surface area (Å²) in [5, 5.41) is 9.91. The van der Waals surface area contributed by atoms with Gasteiger partial charge in [0.15, 0.2) is 5.17 Å². The lowest BCUT2D eigenvalue weighted by Crippen LogP contribution is -2.23. The van der Waals surface area contributed by atoms with Crippen molar-refractivity contribution in [2.24, 2.45) is 4.99 Å². The predicted molar refractivity (Wildman–Crippen MR) is 143 cm³/mol. The number of amides is 1. The Morgan fingerprint density at radius 1 is 1.09 bits per heavy atom. The lowest BCUT2D eigenvalue weighted by molar-refractivity contribution is -0.121. The average molecular weight is 488 g/mol. The minimum Gasteiger partial charge on any atom is -0.478 e. The van der Waals surface area contributed by atoms with Crippen molar-refractivity contribution in [2.75, 3.05) is 7.05 Å². The van der Waals surface area contributed by atoms with E-state index in [1.54, 1.807) is 32.2 Å². The smallest absolute Gasteiger partial charge is 0.336 e. The van der Waals surface area contributed by atoms with Gasteiger partial charge in [-0.15, -0.1) is 0 Å². The molecule has 1 aliphatic heterocycles. The van der Waals surface area contributed by atoms with Gasteiger partial charge in [-0.3, -0.25) is 9.69 Å². The van der Waals surface area contributed by atoms with Crippen LogP contribution in [-0.2, 0) is 4.79 Å². The normalized spacial score (nSPS) is 16.2. The number of hydrogen-bond donors (Lipinski definition) is 1. The molecule has 6 nitrogen and oxygen atoms in total. The Labute approximate surface area is 210 Å². The summed E-state index contributed by atoms with van der Waals surface area (Å²) in [6, 6.07) is 15.6. The highest BCUT2D eigenvalue weighted by Crippen LogP contribution is 2.35. The van der Waals surface area contributed by atoms with Crippen LogP contribution in [0.25, 0.3) is 11.8 Å². The molecule has 0 atom stereocenters. The number of carboxylic acids is 1. The Balaban J connectivity index is 1.67. The van der Waals surface area contributed by atoms with Crippen molar-refractivity contribution in [1.29, 1.82) is 0 Å². The number of nitrogens with zero attached hydrogens (tertiary/aromatic N) is 3. The Morgan fingerprint density at radius 2 is 1.77 bits per heavy atom. The number of carbonyl (C=O) groups excluding carboxylic acids is 1. The largest absolute Gasteiger partial charge is 0.478 e. The second-order valence-corrected chi connectivity index (χ2v) is 10.0. The molecule has 1 saturated heterocycles. The van der Waals surface area contributed by atoms with Crippen molar-refractivity contribution in [3.63, 3.8) is 0 Å². The number of aliphatic imine (C=N–C) groups is 1. The van der Waals surface area contributed by atoms with E-state index in [-0.39, 0.29) is 11.5 Å². The van der Waals surface area contributed by atoms with Gasteiger partial charge in [0.05, 0.1) is 16.2 Å². The van der Waals surface area contributed by atoms with Crippen molar-refractivity contribution in [3.05, 3.63) is 87.1 Å². The van der Waals surface area contributed by atoms with Gasteiger partial charge >= 0.3 is 5.97 Å². The van der Waals surface area contributed by atoms with Gasteiger partial charge in [0.1, 0.15) is 0 Å². The summed E-state index contributed by atoms with van der Waals surface area (Å²) in [4.78, 5) is 31.2. The molecule has 2 heterocycles. The van der Waals surface area contributed by atoms with Crippen LogP contribution >= 0.6 is 11.8 Å². The summed E-state index contributed by atoms with van der Waals surface area (Å²) < 4.78 is 2.19. The molecule has 3 aromatic rings. The lowest BCUT2D eigenvalue weighted by Gasteiger charge is -2.12. The number of amidine groups is 1. The molecule has 35 heavy (non-hydrogen) atoms. The molecule has 4 rings (SSSR count). The third kappa shape index (κ3) is 4.68. The highest BCUT2D eigenvalue weighted by atomic mass is 32.2. The van der Waals surface area contributed by atoms with Gasteiger partial charge in [-0.05, 0) is 91.5 Å². The van der Waals surface area contributed by atoms with Gasteiger partial charge < -0.3 is 9.67 Å². The molecule has 1 N–H and O–H groups in total. The maximum Gasteiger partial charge on any atom is 0.336 e. The Bertz CT molecular complexity index is 1380. The van der Waals surface area contributed by atoms with Crippen LogP contribution in [0.1, 0.15) is 58.2 Å². The molecule has 180 valence electrons. The molecule has 0 unspecified atom stereocenters. The average Bonchev–Trinajstić information content (AvgIpc) is 3.24. The highest BCUT2D eigenvalue weighted by molar-refractivity contribution is 8.18. The van der Waals surface area contributed by atoms with Crippen LogP contribution < -0.4 is 0 Å². The van der Waals surface area contributed by atoms with Crippen molar-refractivity contribution in [1.82, 2.24) is 9.47 Å². The minimum absolute atomic E-state index is 0.133. The minimum atomic E-state index is -0.997. The first-order valence-electron chi connectivity index (χ1n) is 11.5. The molecule has 0 saturated carbocycles. The monoisotopic (exact) mass is 487 g/mol. The van der Waals surface area contributed by atoms with Crippen molar-refractivity contribution < 1.29 is 14.7 Å². The van der Waals surface area contributed by atoms with Crippen molar-refractivity contribution >= 4 is 40.6 Å². The van der Waals surface area contributed by atoms with Crippen LogP contribution in [0.15, 0.2) is 58.4 Å². The zero-order valence-electron chi connectivity index (χ0n) is 20.8. The first kappa shape index (κ1) is 24.5. The zero-order valence-corrected chi connectivity index (χ0v) is 21.6. The number of aromatic nitrogens is 1. The van der Waals surface area contributed by atoms with E-state index in [9.17, 15) is 14.7 Å². The summed E-state index contributed by atoms with van der Waals surface area (Å²) in [7, 11) is 1.69. The van der Waals surface area contributed by atoms with Gasteiger partial charge in [0.25, 0.3) is 5.91 Å². The predicted octanol–water partition coefficient (Wildman–Crippen LogP) is 6.46. The van der Waals surface area contributed by atoms with Gasteiger partial charge in [-0.2, -0.15) is 0 Å². The number of aryl methyl sites for hydroxylation is 1. The molecule has 1 aromatic heterocycles. The molecule has 1 amide bonds. The molecule has 0 radical (unpaired) electrons. The summed E-state index contributed by atoms with van der Waals surface area (Å²) in [5.74, 6) is -0.653. The third-order valence-corrected chi connectivity index (χ3v) is 7.39. The van der Waals surface area contributed by atoms with Crippen molar-refractivity contribution in [3.8, 4) is 5.69 Å². The van der Waals surface area contributed by atoms with Crippen LogP contribution in [0, 0.1) is 20.8 Å². The number of aromatic carboxylic acids is 1. The van der Waals surface area contributed by atoms with Crippen LogP contribution in [0.4, 0.5) is 5.69 Å². The Kier molecular flexibility index (Phi) is 6.72. The number of thioether (sulfide) groups is 1. The summed E-state index contributed by atoms with van der Waals surface area (Å²) >= 11 is 1.30. The van der Waals surface area contributed by atoms with E-state index in [0.717, 1.165) is 22.6 Å². The molecule has 1 aliphatic rings. The molecule has 0 spiro atoms. The molecule has 7 heteroatoms. The fraction of sp³-hybridized carbons (Fsp3) is 0.250. The molecule has 0 bridgehead atoms. The van der Waals surface area contributed by atoms with Crippen LogP contribution in [0.2, 0.25) is 0 Å². The highest BCUT2D eigenvalue weighted by Gasteiger charge is 2.31. The number of benzene rings is 2. The SMILES string of the molecule is Cc1c(N=C2S/C(=C\c3cc(C)n(-c4ccc(C(C)C)cc4)c3C)C(=O)N2C)cccc1C(=O)O. The number of likely N-dealkylation sites (N-methyl/N-ethyl adjacent to an activating group) is 1. The summed E-state index contributed by atoms with van der Waals surface area (Å²) in [6.45, 7) is 10.2. The molecule has 0 aliphatic carbocycles. The first-order valence-corrected chi connectivity index (χ1v) is 12.3. The third-order valence-electron chi connectivity index (χ3n) is 6.33. The number of rotatable bonds is 5. The van der Waals surface area contributed by atoms with Crippen LogP contribution in [0.5, 0.6) is 0 Å². The number of carboxylic acid groups (broad SMARTS) is 1. The van der Waals surface area contributed by atoms with E-state index in [1.807, 2.05) is 6.08 Å². The second-order valence-electron chi connectivity index (χ2n) is 9.03. The quantitative estimate of drug-likeness (QED) is 0.419. The fourth-order valence-electron chi connectivity index (χ4n) is 4.21. The summed E-state index contributed by atoms with van der Waals surface area (Å²) in [6.07, 6.45) is 1.91. The van der Waals surface area contributed by atoms with E-state index in [4.69, 9.17) is 0 Å². The first-order chi connectivity index (χ1) is 16.6. The Hall–Kier alpha value is -3.58. The Morgan fingerprint density at radius 3 is 2.40 bits per heavy atom. The van der Waals surface area contributed by atoms with E-state index >= 15 is 0 Å². The van der Waals surface area contributed by atoms with Crippen molar-refractivity contribution in [2.45, 2.75) is 40.5 Å². The summed E-state index contributed by atoms with van der Waals surface area (Å²) in [5.41, 5.74) is 6.82. The van der Waals surface area contributed by atoms with Crippen LogP contribution in [-0.4, -0.2) is 38.7 Å². The maximum absolute atomic E-state index is 13.0. The molecular formula is C28H29N3O3S. The second kappa shape index (κ2) is 9.58. The van der Waals surface area contributed by atoms with E-state index in [1.165, 1.54) is 22.2 Å². The fourth-order valence-corrected chi connectivity index (χ4v) is 5.18. The maximum atomic E-state index is 13.0. The van der Waals surface area contributed by atoms with Gasteiger partial charge in [-0.25, -0.2) is 9.79 Å². The lowest BCUT2D eigenvalue weighted by atomic mass is 10.0. The zero-order chi connectivity index (χ0) is 25.4. The van der Waals surface area contributed by atoms with Crippen LogP contribution in [0.3, 0.4) is 0 Å². The van der Waals surface area contributed by atoms with Gasteiger partial charge in [-0.1, -0.05) is 32.0 Å². The van der Waals surface area contributed by atoms with E-state index in [0.29, 0.717) is 27.2 Å². The number of carbonyl (C=O) groups is 2. The van der Waals surface area contributed by atoms with E-state index < -0.39 is 5.97 Å². The van der Waals surface area contributed by atoms with Gasteiger partial charge in [0, 0.05) is 24.1 Å². The van der Waals surface area contributed by atoms with Gasteiger partial charge in [0.2, 0.25) is 0 Å². The standard InChI is InChI=1S/C28H29N3O3S/c1-16(2)20-10-12-22(13-11-20)31-17(3)14-21(19(31)5)15-25-26(32)30(6)28(35-25)29-24-9-7-8-23(18(24)4)27(33)34/h7-16H,1-6H3,(H,33,34)/b25-15-,29-28?. The molecular weight excluding hydrogens is 458 g/mol. The molecule has 1 fully saturated rings. The number of hydrogen-bond acceptors (Lipinski definition) is 4. The topological polar surface area (TPSA) is 74.9 Å². The molecule has 2 aromatic carbocycles.